The minimum absolute atomic E-state index is 0.150. The van der Waals surface area contributed by atoms with E-state index in [9.17, 15) is 0 Å². The average molecular weight is 237 g/mol. The minimum Gasteiger partial charge on any atom is -0.334 e. The molecule has 1 aromatic heterocycles. The highest BCUT2D eigenvalue weighted by Crippen LogP contribution is 2.18. The van der Waals surface area contributed by atoms with Gasteiger partial charge in [-0.1, -0.05) is 20.3 Å². The highest BCUT2D eigenvalue weighted by Gasteiger charge is 2.11. The lowest BCUT2D eigenvalue weighted by molar-refractivity contribution is 0.420. The molecule has 0 aliphatic rings. The first-order valence-electron chi connectivity index (χ1n) is 6.73. The monoisotopic (exact) mass is 237 g/mol. The van der Waals surface area contributed by atoms with E-state index in [1.54, 1.807) is 0 Å². The first kappa shape index (κ1) is 14.2. The summed E-state index contributed by atoms with van der Waals surface area (Å²) >= 11 is 0. The first-order valence-corrected chi connectivity index (χ1v) is 6.73. The van der Waals surface area contributed by atoms with Crippen molar-refractivity contribution in [1.82, 2.24) is 14.9 Å². The van der Waals surface area contributed by atoms with Crippen molar-refractivity contribution in [3.05, 3.63) is 18.2 Å². The number of hydrogen-bond donors (Lipinski definition) is 1. The highest BCUT2D eigenvalue weighted by atomic mass is 15.1. The third-order valence-corrected chi connectivity index (χ3v) is 2.97. The molecule has 98 valence electrons. The lowest BCUT2D eigenvalue weighted by atomic mass is 10.1. The second-order valence-electron chi connectivity index (χ2n) is 5.77. The van der Waals surface area contributed by atoms with Gasteiger partial charge in [-0.15, -0.1) is 0 Å². The van der Waals surface area contributed by atoms with Crippen molar-refractivity contribution in [2.45, 2.75) is 72.0 Å². The van der Waals surface area contributed by atoms with E-state index in [4.69, 9.17) is 0 Å². The van der Waals surface area contributed by atoms with Gasteiger partial charge in [-0.25, -0.2) is 4.98 Å². The molecule has 0 aliphatic carbocycles. The number of rotatable bonds is 6. The van der Waals surface area contributed by atoms with Crippen LogP contribution in [0, 0.1) is 0 Å². The summed E-state index contributed by atoms with van der Waals surface area (Å²) in [4.78, 5) is 4.47. The molecule has 3 nitrogen and oxygen atoms in total. The van der Waals surface area contributed by atoms with Gasteiger partial charge in [-0.2, -0.15) is 0 Å². The van der Waals surface area contributed by atoms with Crippen molar-refractivity contribution in [3.8, 4) is 0 Å². The van der Waals surface area contributed by atoms with Crippen LogP contribution in [0.5, 0.6) is 0 Å². The largest absolute Gasteiger partial charge is 0.334 e. The van der Waals surface area contributed by atoms with E-state index in [0.717, 1.165) is 12.2 Å². The summed E-state index contributed by atoms with van der Waals surface area (Å²) in [7, 11) is 0. The van der Waals surface area contributed by atoms with Crippen molar-refractivity contribution in [3.63, 3.8) is 0 Å². The van der Waals surface area contributed by atoms with E-state index in [1.807, 2.05) is 6.33 Å². The predicted octanol–water partition coefficient (Wildman–Crippen LogP) is 3.52. The molecule has 0 aromatic carbocycles. The number of imidazole rings is 1. The number of aromatic nitrogens is 2. The molecule has 0 spiro atoms. The van der Waals surface area contributed by atoms with Crippen LogP contribution in [0.1, 0.15) is 65.6 Å². The van der Waals surface area contributed by atoms with Gasteiger partial charge < -0.3 is 9.88 Å². The van der Waals surface area contributed by atoms with Gasteiger partial charge in [-0.3, -0.25) is 0 Å². The maximum absolute atomic E-state index is 4.47. The Balaban J connectivity index is 2.58. The molecule has 17 heavy (non-hydrogen) atoms. The predicted molar refractivity (Wildman–Crippen MR) is 73.1 cm³/mol. The summed E-state index contributed by atoms with van der Waals surface area (Å²) in [5, 5.41) is 3.46. The Morgan fingerprint density at radius 1 is 1.35 bits per heavy atom. The molecule has 3 heteroatoms. The van der Waals surface area contributed by atoms with Crippen molar-refractivity contribution >= 4 is 0 Å². The zero-order valence-corrected chi connectivity index (χ0v) is 12.0. The Morgan fingerprint density at radius 3 is 2.59 bits per heavy atom. The van der Waals surface area contributed by atoms with Crippen LogP contribution >= 0.6 is 0 Å². The van der Waals surface area contributed by atoms with Gasteiger partial charge in [0, 0.05) is 24.3 Å². The van der Waals surface area contributed by atoms with Crippen molar-refractivity contribution in [2.75, 3.05) is 0 Å². The molecule has 0 bridgehead atoms. The molecule has 1 rings (SSSR count). The molecule has 0 radical (unpaired) electrons. The van der Waals surface area contributed by atoms with Crippen LogP contribution in [-0.2, 0) is 6.54 Å². The molecule has 0 amide bonds. The third-order valence-electron chi connectivity index (χ3n) is 2.97. The third kappa shape index (κ3) is 4.90. The standard InChI is InChI=1S/C14H27N3/c1-6-8-13(7-2)17-10-12(15-11-17)9-16-14(3,4)5/h10-11,13,16H,6-9H2,1-5H3. The SMILES string of the molecule is CCCC(CC)n1cnc(CNC(C)(C)C)c1. The van der Waals surface area contributed by atoms with Crippen LogP contribution < -0.4 is 5.32 Å². The van der Waals surface area contributed by atoms with Gasteiger partial charge in [0.15, 0.2) is 0 Å². The molecular formula is C14H27N3. The molecule has 1 atom stereocenters. The van der Waals surface area contributed by atoms with Gasteiger partial charge in [0.05, 0.1) is 12.0 Å². The number of hydrogen-bond acceptors (Lipinski definition) is 2. The zero-order valence-electron chi connectivity index (χ0n) is 12.0. The lowest BCUT2D eigenvalue weighted by Gasteiger charge is -2.19. The Hall–Kier alpha value is -0.830. The Bertz CT molecular complexity index is 322. The van der Waals surface area contributed by atoms with Crippen molar-refractivity contribution < 1.29 is 0 Å². The summed E-state index contributed by atoms with van der Waals surface area (Å²) in [6, 6.07) is 0.607. The van der Waals surface area contributed by atoms with Gasteiger partial charge in [-0.05, 0) is 33.6 Å². The molecule has 1 heterocycles. The smallest absolute Gasteiger partial charge is 0.0952 e. The van der Waals surface area contributed by atoms with Crippen LogP contribution in [-0.4, -0.2) is 15.1 Å². The number of nitrogens with zero attached hydrogens (tertiary/aromatic N) is 2. The van der Waals surface area contributed by atoms with E-state index < -0.39 is 0 Å². The van der Waals surface area contributed by atoms with E-state index >= 15 is 0 Å². The molecule has 1 N–H and O–H groups in total. The summed E-state index contributed by atoms with van der Waals surface area (Å²) < 4.78 is 2.27. The van der Waals surface area contributed by atoms with Crippen LogP contribution in [0.25, 0.3) is 0 Å². The zero-order chi connectivity index (χ0) is 12.9. The Morgan fingerprint density at radius 2 is 2.06 bits per heavy atom. The number of nitrogens with one attached hydrogen (secondary N) is 1. The fourth-order valence-corrected chi connectivity index (χ4v) is 1.92. The van der Waals surface area contributed by atoms with Crippen LogP contribution in [0.3, 0.4) is 0 Å². The summed E-state index contributed by atoms with van der Waals surface area (Å²) in [6.45, 7) is 11.9. The van der Waals surface area contributed by atoms with Crippen molar-refractivity contribution in [1.29, 1.82) is 0 Å². The molecule has 1 aromatic rings. The highest BCUT2D eigenvalue weighted by molar-refractivity contribution is 4.98. The fraction of sp³-hybridized carbons (Fsp3) is 0.786. The van der Waals surface area contributed by atoms with Gasteiger partial charge in [0.1, 0.15) is 0 Å². The molecule has 1 unspecified atom stereocenters. The second kappa shape index (κ2) is 6.20. The van der Waals surface area contributed by atoms with E-state index in [0.29, 0.717) is 6.04 Å². The van der Waals surface area contributed by atoms with Crippen LogP contribution in [0.4, 0.5) is 0 Å². The quantitative estimate of drug-likeness (QED) is 0.820. The van der Waals surface area contributed by atoms with Gasteiger partial charge >= 0.3 is 0 Å². The van der Waals surface area contributed by atoms with E-state index in [-0.39, 0.29) is 5.54 Å². The average Bonchev–Trinajstić information content (AvgIpc) is 2.70. The second-order valence-corrected chi connectivity index (χ2v) is 5.77. The summed E-state index contributed by atoms with van der Waals surface area (Å²) in [6.07, 6.45) is 7.80. The van der Waals surface area contributed by atoms with E-state index in [1.165, 1.54) is 19.3 Å². The molecular weight excluding hydrogens is 210 g/mol. The van der Waals surface area contributed by atoms with Gasteiger partial charge in [0.2, 0.25) is 0 Å². The van der Waals surface area contributed by atoms with Gasteiger partial charge in [0.25, 0.3) is 0 Å². The maximum Gasteiger partial charge on any atom is 0.0952 e. The Labute approximate surface area is 106 Å². The molecule has 0 saturated heterocycles. The lowest BCUT2D eigenvalue weighted by Crippen LogP contribution is -2.35. The first-order chi connectivity index (χ1) is 7.96. The minimum atomic E-state index is 0.150. The molecule has 0 saturated carbocycles. The van der Waals surface area contributed by atoms with Crippen molar-refractivity contribution in [2.24, 2.45) is 0 Å². The van der Waals surface area contributed by atoms with E-state index in [2.05, 4.69) is 55.7 Å². The summed E-state index contributed by atoms with van der Waals surface area (Å²) in [5.41, 5.74) is 1.28. The van der Waals surface area contributed by atoms with Crippen LogP contribution in [0.15, 0.2) is 12.5 Å². The maximum atomic E-state index is 4.47. The topological polar surface area (TPSA) is 29.9 Å². The molecule has 0 aliphatic heterocycles. The Kier molecular flexibility index (Phi) is 5.19. The summed E-state index contributed by atoms with van der Waals surface area (Å²) in [5.74, 6) is 0. The fourth-order valence-electron chi connectivity index (χ4n) is 1.92. The normalized spacial score (nSPS) is 13.9. The van der Waals surface area contributed by atoms with Crippen LogP contribution in [0.2, 0.25) is 0 Å². The molecule has 0 fully saturated rings.